The maximum atomic E-state index is 13.8. The van der Waals surface area contributed by atoms with Crippen molar-refractivity contribution in [1.82, 2.24) is 10.3 Å². The van der Waals surface area contributed by atoms with Gasteiger partial charge in [0.25, 0.3) is 5.91 Å². The second-order valence-electron chi connectivity index (χ2n) is 7.15. The molecule has 8 nitrogen and oxygen atoms in total. The third-order valence-electron chi connectivity index (χ3n) is 4.20. The molecule has 2 rings (SSSR count). The fourth-order valence-electron chi connectivity index (χ4n) is 2.77. The Bertz CT molecular complexity index is 908. The monoisotopic (exact) mass is 438 g/mol. The first-order valence-electron chi connectivity index (χ1n) is 9.63. The van der Waals surface area contributed by atoms with Gasteiger partial charge in [0.15, 0.2) is 18.3 Å². The third-order valence-corrected chi connectivity index (χ3v) is 4.20. The lowest BCUT2D eigenvalue weighted by atomic mass is 10.0. The Morgan fingerprint density at radius 3 is 2.48 bits per heavy atom. The molecule has 1 unspecified atom stereocenters. The van der Waals surface area contributed by atoms with E-state index in [1.807, 2.05) is 13.8 Å². The molecule has 31 heavy (non-hydrogen) atoms. The number of benzene rings is 1. The van der Waals surface area contributed by atoms with Crippen molar-refractivity contribution in [2.75, 3.05) is 13.7 Å². The predicted molar refractivity (Wildman–Crippen MR) is 105 cm³/mol. The van der Waals surface area contributed by atoms with E-state index in [0.717, 1.165) is 18.3 Å². The first-order chi connectivity index (χ1) is 14.7. The number of hydrogen-bond acceptors (Lipinski definition) is 7. The number of aromatic nitrogens is 1. The lowest BCUT2D eigenvalue weighted by Crippen LogP contribution is -2.44. The molecule has 0 aliphatic heterocycles. The average molecular weight is 438 g/mol. The zero-order chi connectivity index (χ0) is 23.0. The molecule has 0 bridgehead atoms. The standard InChI is InChI=1S/C21H24F2N2O6/c1-12(2)9-15(21(28)29-3)25-17(26)11-30-19(27)8-7-18-24-10-16(31-18)20-13(22)5-4-6-14(20)23/h4-6,10,12,15H,7-9,11H2,1-3H3,(H,25,26). The molecule has 168 valence electrons. The number of ether oxygens (including phenoxy) is 2. The number of esters is 2. The summed E-state index contributed by atoms with van der Waals surface area (Å²) in [6, 6.07) is 2.58. The molecule has 0 aliphatic carbocycles. The second kappa shape index (κ2) is 11.2. The van der Waals surface area contributed by atoms with E-state index in [1.54, 1.807) is 0 Å². The van der Waals surface area contributed by atoms with E-state index in [0.29, 0.717) is 6.42 Å². The van der Waals surface area contributed by atoms with E-state index in [2.05, 4.69) is 15.0 Å². The van der Waals surface area contributed by atoms with Crippen molar-refractivity contribution < 1.29 is 37.1 Å². The van der Waals surface area contributed by atoms with E-state index >= 15 is 0 Å². The second-order valence-corrected chi connectivity index (χ2v) is 7.15. The summed E-state index contributed by atoms with van der Waals surface area (Å²) in [5.41, 5.74) is -0.345. The summed E-state index contributed by atoms with van der Waals surface area (Å²) >= 11 is 0. The summed E-state index contributed by atoms with van der Waals surface area (Å²) < 4.78 is 42.4. The molecule has 0 saturated carbocycles. The number of aryl methyl sites for hydroxylation is 1. The molecule has 0 radical (unpaired) electrons. The fourth-order valence-corrected chi connectivity index (χ4v) is 2.77. The van der Waals surface area contributed by atoms with Crippen LogP contribution in [0.2, 0.25) is 0 Å². The highest BCUT2D eigenvalue weighted by Crippen LogP contribution is 2.26. The number of carbonyl (C=O) groups is 3. The van der Waals surface area contributed by atoms with Gasteiger partial charge in [-0.25, -0.2) is 18.6 Å². The Morgan fingerprint density at radius 2 is 1.87 bits per heavy atom. The fraction of sp³-hybridized carbons (Fsp3) is 0.429. The number of nitrogens with zero attached hydrogens (tertiary/aromatic N) is 1. The van der Waals surface area contributed by atoms with Crippen LogP contribution in [0, 0.1) is 17.6 Å². The molecule has 1 amide bonds. The summed E-state index contributed by atoms with van der Waals surface area (Å²) in [6.07, 6.45) is 1.38. The molecule has 0 fully saturated rings. The van der Waals surface area contributed by atoms with Gasteiger partial charge in [-0.15, -0.1) is 0 Å². The third kappa shape index (κ3) is 7.16. The summed E-state index contributed by atoms with van der Waals surface area (Å²) in [5.74, 6) is -3.40. The molecule has 1 aromatic carbocycles. The molecule has 1 atom stereocenters. The molecule has 10 heteroatoms. The number of halogens is 2. The van der Waals surface area contributed by atoms with Crippen molar-refractivity contribution in [3.8, 4) is 11.3 Å². The van der Waals surface area contributed by atoms with Crippen LogP contribution in [0.3, 0.4) is 0 Å². The van der Waals surface area contributed by atoms with Gasteiger partial charge >= 0.3 is 11.9 Å². The van der Waals surface area contributed by atoms with Crippen molar-refractivity contribution in [1.29, 1.82) is 0 Å². The molecular formula is C21H24F2N2O6. The van der Waals surface area contributed by atoms with Crippen molar-refractivity contribution in [3.05, 3.63) is 41.9 Å². The number of carbonyl (C=O) groups excluding carboxylic acids is 3. The van der Waals surface area contributed by atoms with Crippen LogP contribution in [-0.4, -0.2) is 42.6 Å². The molecule has 2 aromatic rings. The minimum absolute atomic E-state index is 0.00859. The van der Waals surface area contributed by atoms with Gasteiger partial charge in [-0.1, -0.05) is 19.9 Å². The zero-order valence-corrected chi connectivity index (χ0v) is 17.4. The number of amides is 1. The van der Waals surface area contributed by atoms with Crippen LogP contribution in [0.25, 0.3) is 11.3 Å². The Labute approximate surface area is 177 Å². The molecule has 1 aromatic heterocycles. The molecule has 1 N–H and O–H groups in total. The quantitative estimate of drug-likeness (QED) is 0.568. The Hall–Kier alpha value is -3.30. The highest BCUT2D eigenvalue weighted by Gasteiger charge is 2.23. The number of nitrogens with one attached hydrogen (secondary N) is 1. The topological polar surface area (TPSA) is 108 Å². The highest BCUT2D eigenvalue weighted by molar-refractivity contribution is 5.86. The van der Waals surface area contributed by atoms with E-state index in [-0.39, 0.29) is 36.0 Å². The summed E-state index contributed by atoms with van der Waals surface area (Å²) in [7, 11) is 1.22. The van der Waals surface area contributed by atoms with E-state index in [1.165, 1.54) is 13.2 Å². The smallest absolute Gasteiger partial charge is 0.328 e. The van der Waals surface area contributed by atoms with Gasteiger partial charge in [-0.05, 0) is 24.5 Å². The number of rotatable bonds is 10. The minimum Gasteiger partial charge on any atom is -0.467 e. The van der Waals surface area contributed by atoms with Gasteiger partial charge in [-0.3, -0.25) is 9.59 Å². The lowest BCUT2D eigenvalue weighted by molar-refractivity contribution is -0.150. The first-order valence-corrected chi connectivity index (χ1v) is 9.63. The number of oxazole rings is 1. The molecule has 0 aliphatic rings. The molecular weight excluding hydrogens is 414 g/mol. The van der Waals surface area contributed by atoms with Crippen LogP contribution < -0.4 is 5.32 Å². The van der Waals surface area contributed by atoms with E-state index < -0.39 is 42.1 Å². The Morgan fingerprint density at radius 1 is 1.19 bits per heavy atom. The van der Waals surface area contributed by atoms with Crippen molar-refractivity contribution in [2.45, 2.75) is 39.2 Å². The highest BCUT2D eigenvalue weighted by atomic mass is 19.1. The largest absolute Gasteiger partial charge is 0.467 e. The maximum Gasteiger partial charge on any atom is 0.328 e. The summed E-state index contributed by atoms with van der Waals surface area (Å²) in [6.45, 7) is 3.20. The number of hydrogen-bond donors (Lipinski definition) is 1. The van der Waals surface area contributed by atoms with Crippen LogP contribution in [0.4, 0.5) is 8.78 Å². The van der Waals surface area contributed by atoms with Crippen molar-refractivity contribution >= 4 is 17.8 Å². The lowest BCUT2D eigenvalue weighted by Gasteiger charge is -2.18. The minimum atomic E-state index is -0.833. The van der Waals surface area contributed by atoms with E-state index in [4.69, 9.17) is 9.15 Å². The SMILES string of the molecule is COC(=O)C(CC(C)C)NC(=O)COC(=O)CCc1ncc(-c2c(F)cccc2F)o1. The first kappa shape index (κ1) is 24.0. The Balaban J connectivity index is 1.83. The van der Waals surface area contributed by atoms with Gasteiger partial charge in [0.1, 0.15) is 17.7 Å². The van der Waals surface area contributed by atoms with Gasteiger partial charge in [0, 0.05) is 6.42 Å². The van der Waals surface area contributed by atoms with Crippen LogP contribution in [-0.2, 0) is 30.3 Å². The molecule has 0 spiro atoms. The van der Waals surface area contributed by atoms with Crippen LogP contribution in [0.15, 0.2) is 28.8 Å². The summed E-state index contributed by atoms with van der Waals surface area (Å²) in [4.78, 5) is 39.5. The van der Waals surface area contributed by atoms with Crippen LogP contribution >= 0.6 is 0 Å². The van der Waals surface area contributed by atoms with Gasteiger partial charge in [0.2, 0.25) is 0 Å². The Kier molecular flexibility index (Phi) is 8.65. The summed E-state index contributed by atoms with van der Waals surface area (Å²) in [5, 5.41) is 2.47. The average Bonchev–Trinajstić information content (AvgIpc) is 3.17. The molecule has 0 saturated heterocycles. The van der Waals surface area contributed by atoms with E-state index in [9.17, 15) is 23.2 Å². The molecule has 1 heterocycles. The predicted octanol–water partition coefficient (Wildman–Crippen LogP) is 2.80. The van der Waals surface area contributed by atoms with Gasteiger partial charge in [-0.2, -0.15) is 0 Å². The van der Waals surface area contributed by atoms with Crippen LogP contribution in [0.5, 0.6) is 0 Å². The number of methoxy groups -OCH3 is 1. The van der Waals surface area contributed by atoms with Gasteiger partial charge in [0.05, 0.1) is 25.3 Å². The van der Waals surface area contributed by atoms with Crippen molar-refractivity contribution in [3.63, 3.8) is 0 Å². The van der Waals surface area contributed by atoms with Gasteiger partial charge < -0.3 is 19.2 Å². The van der Waals surface area contributed by atoms with Crippen LogP contribution in [0.1, 0.15) is 32.6 Å². The maximum absolute atomic E-state index is 13.8. The van der Waals surface area contributed by atoms with Crippen molar-refractivity contribution in [2.24, 2.45) is 5.92 Å². The normalized spacial score (nSPS) is 11.8. The zero-order valence-electron chi connectivity index (χ0n) is 17.4.